The molecule has 0 saturated carbocycles. The molecule has 0 spiro atoms. The van der Waals surface area contributed by atoms with Crippen molar-refractivity contribution in [3.63, 3.8) is 0 Å². The van der Waals surface area contributed by atoms with Crippen molar-refractivity contribution in [1.82, 2.24) is 10.2 Å². The zero-order valence-electron chi connectivity index (χ0n) is 12.6. The molecule has 1 N–H and O–H groups in total. The number of hydrogen-bond donors (Lipinski definition) is 1. The molecule has 3 heteroatoms. The summed E-state index contributed by atoms with van der Waals surface area (Å²) in [5.41, 5.74) is 4.20. The molecule has 0 fully saturated rings. The van der Waals surface area contributed by atoms with Crippen molar-refractivity contribution in [3.05, 3.63) is 28.8 Å². The number of nitrogens with one attached hydrogen (secondary N) is 1. The lowest BCUT2D eigenvalue weighted by Crippen LogP contribution is -2.38. The van der Waals surface area contributed by atoms with Gasteiger partial charge < -0.3 is 10.1 Å². The van der Waals surface area contributed by atoms with Gasteiger partial charge in [0, 0.05) is 24.7 Å². The maximum absolute atomic E-state index is 5.79. The fourth-order valence-corrected chi connectivity index (χ4v) is 2.92. The molecule has 3 nitrogen and oxygen atoms in total. The average Bonchev–Trinajstić information content (AvgIpc) is 2.40. The van der Waals surface area contributed by atoms with Gasteiger partial charge in [0.2, 0.25) is 0 Å². The van der Waals surface area contributed by atoms with Crippen LogP contribution in [0.4, 0.5) is 0 Å². The van der Waals surface area contributed by atoms with E-state index in [9.17, 15) is 0 Å². The molecule has 0 bridgehead atoms. The summed E-state index contributed by atoms with van der Waals surface area (Å²) in [4.78, 5) is 2.52. The molecule has 0 aromatic heterocycles. The molecular weight excluding hydrogens is 236 g/mol. The number of benzene rings is 1. The van der Waals surface area contributed by atoms with Crippen LogP contribution in [-0.4, -0.2) is 31.1 Å². The van der Waals surface area contributed by atoms with Crippen molar-refractivity contribution < 1.29 is 4.74 Å². The van der Waals surface area contributed by atoms with Crippen LogP contribution in [0, 0.1) is 0 Å². The molecule has 1 unspecified atom stereocenters. The van der Waals surface area contributed by atoms with E-state index in [0.29, 0.717) is 6.04 Å². The smallest absolute Gasteiger partial charge is 0.124 e. The summed E-state index contributed by atoms with van der Waals surface area (Å²) < 4.78 is 5.79. The minimum atomic E-state index is 0.637. The van der Waals surface area contributed by atoms with E-state index in [0.717, 1.165) is 38.4 Å². The van der Waals surface area contributed by atoms with Crippen LogP contribution in [0.25, 0.3) is 0 Å². The largest absolute Gasteiger partial charge is 0.494 e. The topological polar surface area (TPSA) is 24.5 Å². The highest BCUT2D eigenvalue weighted by atomic mass is 16.5. The van der Waals surface area contributed by atoms with Gasteiger partial charge in [0.1, 0.15) is 5.75 Å². The zero-order valence-corrected chi connectivity index (χ0v) is 12.6. The van der Waals surface area contributed by atoms with E-state index < -0.39 is 0 Å². The van der Waals surface area contributed by atoms with E-state index in [4.69, 9.17) is 4.74 Å². The normalized spacial score (nSPS) is 19.3. The van der Waals surface area contributed by atoms with Gasteiger partial charge in [-0.05, 0) is 51.1 Å². The Kier molecular flexibility index (Phi) is 4.83. The van der Waals surface area contributed by atoms with E-state index >= 15 is 0 Å². The second kappa shape index (κ2) is 6.40. The van der Waals surface area contributed by atoms with Gasteiger partial charge in [-0.25, -0.2) is 0 Å². The van der Waals surface area contributed by atoms with Crippen LogP contribution >= 0.6 is 0 Å². The van der Waals surface area contributed by atoms with E-state index in [-0.39, 0.29) is 0 Å². The maximum atomic E-state index is 5.79. The highest BCUT2D eigenvalue weighted by Gasteiger charge is 2.23. The standard InChI is InChI=1S/C16H26N2O/c1-5-18-11-15-9-16(19-6-2)14(10-17-4)8-13(15)7-12(18)3/h8-9,12,17H,5-7,10-11H2,1-4H3. The van der Waals surface area contributed by atoms with Gasteiger partial charge in [-0.15, -0.1) is 0 Å². The zero-order chi connectivity index (χ0) is 13.8. The van der Waals surface area contributed by atoms with Gasteiger partial charge in [-0.1, -0.05) is 13.0 Å². The Morgan fingerprint density at radius 1 is 1.32 bits per heavy atom. The van der Waals surface area contributed by atoms with Gasteiger partial charge in [0.25, 0.3) is 0 Å². The number of rotatable bonds is 5. The Morgan fingerprint density at radius 3 is 2.74 bits per heavy atom. The van der Waals surface area contributed by atoms with Crippen LogP contribution in [0.5, 0.6) is 5.75 Å². The number of hydrogen-bond acceptors (Lipinski definition) is 3. The minimum absolute atomic E-state index is 0.637. The summed E-state index contributed by atoms with van der Waals surface area (Å²) in [5.74, 6) is 1.04. The third-order valence-corrected chi connectivity index (χ3v) is 3.97. The first-order chi connectivity index (χ1) is 9.19. The van der Waals surface area contributed by atoms with Crippen LogP contribution in [0.2, 0.25) is 0 Å². The molecule has 1 aliphatic heterocycles. The van der Waals surface area contributed by atoms with Gasteiger partial charge in [0.05, 0.1) is 6.61 Å². The molecule has 2 rings (SSSR count). The van der Waals surface area contributed by atoms with Crippen molar-refractivity contribution in [2.75, 3.05) is 20.2 Å². The lowest BCUT2D eigenvalue weighted by Gasteiger charge is -2.34. The average molecular weight is 262 g/mol. The summed E-state index contributed by atoms with van der Waals surface area (Å²) in [7, 11) is 1.98. The molecule has 1 aliphatic rings. The Labute approximate surface area is 116 Å². The van der Waals surface area contributed by atoms with E-state index in [1.165, 1.54) is 16.7 Å². The third kappa shape index (κ3) is 3.10. The molecule has 0 saturated heterocycles. The summed E-state index contributed by atoms with van der Waals surface area (Å²) >= 11 is 0. The lowest BCUT2D eigenvalue weighted by molar-refractivity contribution is 0.194. The quantitative estimate of drug-likeness (QED) is 0.882. The molecule has 1 atom stereocenters. The Bertz CT molecular complexity index is 431. The number of fused-ring (bicyclic) bond motifs is 1. The van der Waals surface area contributed by atoms with Crippen LogP contribution < -0.4 is 10.1 Å². The van der Waals surface area contributed by atoms with E-state index in [1.54, 1.807) is 0 Å². The Hall–Kier alpha value is -1.06. The first kappa shape index (κ1) is 14.4. The summed E-state index contributed by atoms with van der Waals surface area (Å²) in [6, 6.07) is 5.22. The minimum Gasteiger partial charge on any atom is -0.494 e. The second-order valence-electron chi connectivity index (χ2n) is 5.31. The number of likely N-dealkylation sites (N-methyl/N-ethyl adjacent to an activating group) is 1. The Morgan fingerprint density at radius 2 is 2.11 bits per heavy atom. The molecule has 0 aliphatic carbocycles. The molecular formula is C16H26N2O. The molecule has 0 amide bonds. The first-order valence-electron chi connectivity index (χ1n) is 7.35. The maximum Gasteiger partial charge on any atom is 0.124 e. The summed E-state index contributed by atoms with van der Waals surface area (Å²) in [6.45, 7) is 10.4. The molecule has 1 heterocycles. The fourth-order valence-electron chi connectivity index (χ4n) is 2.92. The second-order valence-corrected chi connectivity index (χ2v) is 5.31. The van der Waals surface area contributed by atoms with Crippen molar-refractivity contribution in [1.29, 1.82) is 0 Å². The molecule has 0 radical (unpaired) electrons. The highest BCUT2D eigenvalue weighted by Crippen LogP contribution is 2.30. The summed E-state index contributed by atoms with van der Waals surface area (Å²) in [5, 5.41) is 3.23. The van der Waals surface area contributed by atoms with Crippen LogP contribution in [0.15, 0.2) is 12.1 Å². The predicted molar refractivity (Wildman–Crippen MR) is 79.6 cm³/mol. The van der Waals surface area contributed by atoms with Crippen LogP contribution in [-0.2, 0) is 19.5 Å². The van der Waals surface area contributed by atoms with E-state index in [2.05, 4.69) is 36.2 Å². The molecule has 106 valence electrons. The first-order valence-corrected chi connectivity index (χ1v) is 7.35. The summed E-state index contributed by atoms with van der Waals surface area (Å²) in [6.07, 6.45) is 1.15. The van der Waals surface area contributed by atoms with Crippen LogP contribution in [0.1, 0.15) is 37.5 Å². The monoisotopic (exact) mass is 262 g/mol. The lowest BCUT2D eigenvalue weighted by atomic mass is 9.92. The van der Waals surface area contributed by atoms with Gasteiger partial charge in [-0.2, -0.15) is 0 Å². The Balaban J connectivity index is 2.33. The van der Waals surface area contributed by atoms with Crippen molar-refractivity contribution in [3.8, 4) is 5.75 Å². The number of nitrogens with zero attached hydrogens (tertiary/aromatic N) is 1. The van der Waals surface area contributed by atoms with Crippen molar-refractivity contribution in [2.45, 2.75) is 46.3 Å². The molecule has 1 aromatic carbocycles. The van der Waals surface area contributed by atoms with Crippen molar-refractivity contribution >= 4 is 0 Å². The fraction of sp³-hybridized carbons (Fsp3) is 0.625. The predicted octanol–water partition coefficient (Wildman–Crippen LogP) is 2.57. The van der Waals surface area contributed by atoms with E-state index in [1.807, 2.05) is 14.0 Å². The van der Waals surface area contributed by atoms with Crippen LogP contribution in [0.3, 0.4) is 0 Å². The van der Waals surface area contributed by atoms with Gasteiger partial charge in [-0.3, -0.25) is 4.90 Å². The van der Waals surface area contributed by atoms with Gasteiger partial charge >= 0.3 is 0 Å². The SMILES string of the molecule is CCOc1cc2c(cc1CNC)CC(C)N(CC)C2. The van der Waals surface area contributed by atoms with Gasteiger partial charge in [0.15, 0.2) is 0 Å². The number of ether oxygens (including phenoxy) is 1. The third-order valence-electron chi connectivity index (χ3n) is 3.97. The highest BCUT2D eigenvalue weighted by molar-refractivity contribution is 5.44. The molecule has 1 aromatic rings. The molecule has 19 heavy (non-hydrogen) atoms. The van der Waals surface area contributed by atoms with Crippen molar-refractivity contribution in [2.24, 2.45) is 0 Å².